The molecule has 3 aromatic heterocycles. The molecule has 6 rings (SSSR count). The average molecular weight is 516 g/mol. The third-order valence-corrected chi connectivity index (χ3v) is 6.16. The standard InChI is InChI=1S/C25H23N7O.C6H6/c26-12-19-6-4-18(5-7-19)8-10-27-15-22-16-29-23-11-20(13-30-25(23)33-22)21-14-31-32(17-21)24-3-1-2-9-28-24;1-2-4-6-5-3-1/h1-7,9,11,13-14,17,22,27,29H,8,10,15-16H2;1-6H. The van der Waals surface area contributed by atoms with Gasteiger partial charge in [0.1, 0.15) is 6.10 Å². The van der Waals surface area contributed by atoms with Gasteiger partial charge in [-0.3, -0.25) is 0 Å². The number of anilines is 1. The fourth-order valence-corrected chi connectivity index (χ4v) is 4.08. The normalized spacial score (nSPS) is 13.6. The third-order valence-electron chi connectivity index (χ3n) is 6.16. The number of ether oxygens (including phenoxy) is 1. The topological polar surface area (TPSA) is 101 Å². The number of aromatic nitrogens is 4. The predicted octanol–water partition coefficient (Wildman–Crippen LogP) is 4.89. The van der Waals surface area contributed by atoms with Crippen LogP contribution in [0.15, 0.2) is 110 Å². The van der Waals surface area contributed by atoms with E-state index < -0.39 is 0 Å². The van der Waals surface area contributed by atoms with Crippen LogP contribution in [0.25, 0.3) is 16.9 Å². The minimum atomic E-state index is 0.00344. The second-order valence-electron chi connectivity index (χ2n) is 8.98. The number of pyridine rings is 2. The van der Waals surface area contributed by atoms with Crippen LogP contribution in [0.3, 0.4) is 0 Å². The molecule has 1 aliphatic heterocycles. The Morgan fingerprint density at radius 3 is 2.46 bits per heavy atom. The molecule has 0 spiro atoms. The Bertz CT molecular complexity index is 1470. The molecule has 8 heteroatoms. The van der Waals surface area contributed by atoms with E-state index in [-0.39, 0.29) is 6.10 Å². The van der Waals surface area contributed by atoms with Gasteiger partial charge in [0.15, 0.2) is 5.82 Å². The van der Waals surface area contributed by atoms with Crippen LogP contribution in [-0.2, 0) is 6.42 Å². The zero-order valence-corrected chi connectivity index (χ0v) is 21.4. The molecule has 1 unspecified atom stereocenters. The van der Waals surface area contributed by atoms with Crippen molar-refractivity contribution < 1.29 is 4.74 Å². The van der Waals surface area contributed by atoms with Crippen molar-refractivity contribution in [3.05, 3.63) is 121 Å². The van der Waals surface area contributed by atoms with Crippen molar-refractivity contribution >= 4 is 5.69 Å². The van der Waals surface area contributed by atoms with E-state index in [0.29, 0.717) is 18.0 Å². The molecule has 194 valence electrons. The molecule has 0 bridgehead atoms. The van der Waals surface area contributed by atoms with E-state index in [1.165, 1.54) is 5.56 Å². The van der Waals surface area contributed by atoms with Crippen molar-refractivity contribution in [2.75, 3.05) is 25.0 Å². The van der Waals surface area contributed by atoms with Gasteiger partial charge in [-0.15, -0.1) is 0 Å². The third kappa shape index (κ3) is 7.06. The molecule has 0 amide bonds. The maximum Gasteiger partial charge on any atom is 0.237 e. The largest absolute Gasteiger partial charge is 0.470 e. The summed E-state index contributed by atoms with van der Waals surface area (Å²) in [5, 5.41) is 20.2. The van der Waals surface area contributed by atoms with Gasteiger partial charge in [-0.2, -0.15) is 10.4 Å². The Hall–Kier alpha value is -5.00. The van der Waals surface area contributed by atoms with E-state index in [0.717, 1.165) is 42.1 Å². The van der Waals surface area contributed by atoms with Gasteiger partial charge >= 0.3 is 0 Å². The Labute approximate surface area is 228 Å². The van der Waals surface area contributed by atoms with E-state index in [1.54, 1.807) is 17.1 Å². The van der Waals surface area contributed by atoms with Gasteiger partial charge in [-0.1, -0.05) is 54.6 Å². The summed E-state index contributed by atoms with van der Waals surface area (Å²) in [6.45, 7) is 2.27. The van der Waals surface area contributed by atoms with Gasteiger partial charge in [0, 0.05) is 36.3 Å². The van der Waals surface area contributed by atoms with Crippen molar-refractivity contribution in [3.8, 4) is 28.9 Å². The van der Waals surface area contributed by atoms with Crippen LogP contribution < -0.4 is 15.4 Å². The fraction of sp³-hybridized carbons (Fsp3) is 0.161. The molecule has 0 aliphatic carbocycles. The molecule has 0 fully saturated rings. The molecule has 5 aromatic rings. The van der Waals surface area contributed by atoms with Crippen molar-refractivity contribution in [1.29, 1.82) is 5.26 Å². The Kier molecular flexibility index (Phi) is 8.54. The quantitative estimate of drug-likeness (QED) is 0.298. The first-order valence-corrected chi connectivity index (χ1v) is 12.9. The van der Waals surface area contributed by atoms with Gasteiger partial charge in [0.2, 0.25) is 5.88 Å². The highest BCUT2D eigenvalue weighted by atomic mass is 16.5. The van der Waals surface area contributed by atoms with Crippen LogP contribution in [-0.4, -0.2) is 45.5 Å². The molecule has 0 saturated heterocycles. The summed E-state index contributed by atoms with van der Waals surface area (Å²) in [5.74, 6) is 1.38. The molecule has 4 heterocycles. The van der Waals surface area contributed by atoms with E-state index in [4.69, 9.17) is 10.00 Å². The van der Waals surface area contributed by atoms with Gasteiger partial charge in [0.25, 0.3) is 0 Å². The molecule has 2 N–H and O–H groups in total. The number of hydrogen-bond donors (Lipinski definition) is 2. The molecule has 39 heavy (non-hydrogen) atoms. The number of nitrogens with zero attached hydrogens (tertiary/aromatic N) is 5. The van der Waals surface area contributed by atoms with Crippen molar-refractivity contribution in [1.82, 2.24) is 25.1 Å². The average Bonchev–Trinajstić information content (AvgIpc) is 3.52. The van der Waals surface area contributed by atoms with Crippen LogP contribution in [0.1, 0.15) is 11.1 Å². The monoisotopic (exact) mass is 515 g/mol. The summed E-state index contributed by atoms with van der Waals surface area (Å²) in [6, 6.07) is 29.6. The predicted molar refractivity (Wildman–Crippen MR) is 152 cm³/mol. The van der Waals surface area contributed by atoms with Crippen LogP contribution in [0.4, 0.5) is 5.69 Å². The van der Waals surface area contributed by atoms with Gasteiger partial charge < -0.3 is 15.4 Å². The molecule has 0 radical (unpaired) electrons. The summed E-state index contributed by atoms with van der Waals surface area (Å²) < 4.78 is 7.83. The molecule has 0 saturated carbocycles. The molecule has 1 aliphatic rings. The highest BCUT2D eigenvalue weighted by Crippen LogP contribution is 2.31. The summed E-state index contributed by atoms with van der Waals surface area (Å²) in [4.78, 5) is 8.85. The molecule has 8 nitrogen and oxygen atoms in total. The van der Waals surface area contributed by atoms with Crippen molar-refractivity contribution in [3.63, 3.8) is 0 Å². The van der Waals surface area contributed by atoms with Crippen LogP contribution in [0.2, 0.25) is 0 Å². The molecule has 1 atom stereocenters. The lowest BCUT2D eigenvalue weighted by atomic mass is 10.1. The zero-order valence-electron chi connectivity index (χ0n) is 21.4. The second kappa shape index (κ2) is 13.0. The zero-order chi connectivity index (χ0) is 26.7. The van der Waals surface area contributed by atoms with Gasteiger partial charge in [-0.05, 0) is 48.9 Å². The summed E-state index contributed by atoms with van der Waals surface area (Å²) in [7, 11) is 0. The SMILES string of the molecule is N#Cc1ccc(CCNCC2CNc3cc(-c4cnn(-c5ccccn5)c4)cnc3O2)cc1.c1ccccc1. The number of nitrogens with one attached hydrogen (secondary N) is 2. The van der Waals surface area contributed by atoms with Crippen molar-refractivity contribution in [2.45, 2.75) is 12.5 Å². The first-order chi connectivity index (χ1) is 19.3. The van der Waals surface area contributed by atoms with Gasteiger partial charge in [0.05, 0.1) is 30.1 Å². The highest BCUT2D eigenvalue weighted by Gasteiger charge is 2.21. The fourth-order valence-electron chi connectivity index (χ4n) is 4.08. The molecular formula is C31H29N7O. The van der Waals surface area contributed by atoms with Crippen molar-refractivity contribution in [2.24, 2.45) is 0 Å². The number of fused-ring (bicyclic) bond motifs is 1. The number of hydrogen-bond acceptors (Lipinski definition) is 7. The van der Waals surface area contributed by atoms with E-state index in [1.807, 2.05) is 97.3 Å². The molecular weight excluding hydrogens is 486 g/mol. The number of rotatable bonds is 7. The Morgan fingerprint density at radius 1 is 0.949 bits per heavy atom. The summed E-state index contributed by atoms with van der Waals surface area (Å²) in [6.07, 6.45) is 8.20. The molecule has 2 aromatic carbocycles. The maximum atomic E-state index is 8.88. The smallest absolute Gasteiger partial charge is 0.237 e. The minimum Gasteiger partial charge on any atom is -0.470 e. The van der Waals surface area contributed by atoms with Crippen LogP contribution >= 0.6 is 0 Å². The maximum absolute atomic E-state index is 8.88. The number of nitriles is 1. The first-order valence-electron chi connectivity index (χ1n) is 12.9. The Morgan fingerprint density at radius 2 is 1.74 bits per heavy atom. The summed E-state index contributed by atoms with van der Waals surface area (Å²) >= 11 is 0. The Balaban J connectivity index is 0.000000455. The van der Waals surface area contributed by atoms with Crippen LogP contribution in [0, 0.1) is 11.3 Å². The number of benzene rings is 2. The van der Waals surface area contributed by atoms with E-state index in [2.05, 4.69) is 31.8 Å². The van der Waals surface area contributed by atoms with Crippen LogP contribution in [0.5, 0.6) is 5.88 Å². The lowest BCUT2D eigenvalue weighted by Crippen LogP contribution is -2.40. The van der Waals surface area contributed by atoms with E-state index in [9.17, 15) is 0 Å². The lowest BCUT2D eigenvalue weighted by Gasteiger charge is -2.27. The minimum absolute atomic E-state index is 0.00344. The first kappa shape index (κ1) is 25.6. The lowest BCUT2D eigenvalue weighted by molar-refractivity contribution is 0.194. The highest BCUT2D eigenvalue weighted by molar-refractivity contribution is 5.69. The van der Waals surface area contributed by atoms with E-state index >= 15 is 0 Å². The second-order valence-corrected chi connectivity index (χ2v) is 8.98. The van der Waals surface area contributed by atoms with Gasteiger partial charge in [-0.25, -0.2) is 14.6 Å². The summed E-state index contributed by atoms with van der Waals surface area (Å²) in [5.41, 5.74) is 4.70.